The Morgan fingerprint density at radius 3 is 2.94 bits per heavy atom. The van der Waals surface area contributed by atoms with Crippen LogP contribution in [-0.4, -0.2) is 9.97 Å². The zero-order chi connectivity index (χ0) is 12.3. The van der Waals surface area contributed by atoms with E-state index in [1.165, 1.54) is 0 Å². The number of halogens is 1. The third-order valence-electron chi connectivity index (χ3n) is 2.44. The van der Waals surface area contributed by atoms with E-state index in [9.17, 15) is 0 Å². The summed E-state index contributed by atoms with van der Waals surface area (Å²) >= 11 is 6.04. The van der Waals surface area contributed by atoms with E-state index in [4.69, 9.17) is 17.3 Å². The Balaban J connectivity index is 2.28. The number of rotatable bonds is 3. The molecule has 1 aromatic heterocycles. The van der Waals surface area contributed by atoms with Crippen molar-refractivity contribution in [3.63, 3.8) is 0 Å². The summed E-state index contributed by atoms with van der Waals surface area (Å²) in [7, 11) is 0. The van der Waals surface area contributed by atoms with E-state index in [1.807, 2.05) is 25.1 Å². The van der Waals surface area contributed by atoms with Crippen molar-refractivity contribution in [2.24, 2.45) is 5.73 Å². The van der Waals surface area contributed by atoms with Crippen LogP contribution >= 0.6 is 11.6 Å². The third-order valence-corrected chi connectivity index (χ3v) is 2.85. The van der Waals surface area contributed by atoms with Crippen molar-refractivity contribution in [2.75, 3.05) is 5.32 Å². The molecule has 3 N–H and O–H groups in total. The molecule has 2 rings (SSSR count). The average Bonchev–Trinajstić information content (AvgIpc) is 2.35. The van der Waals surface area contributed by atoms with Gasteiger partial charge in [0.1, 0.15) is 0 Å². The molecule has 0 fully saturated rings. The number of hydrogen-bond donors (Lipinski definition) is 2. The van der Waals surface area contributed by atoms with Crippen molar-refractivity contribution in [3.8, 4) is 0 Å². The minimum atomic E-state index is 0.395. The lowest BCUT2D eigenvalue weighted by atomic mass is 10.2. The molecule has 2 aromatic rings. The summed E-state index contributed by atoms with van der Waals surface area (Å²) in [6, 6.07) is 7.44. The normalized spacial score (nSPS) is 10.3. The van der Waals surface area contributed by atoms with E-state index in [0.717, 1.165) is 16.9 Å². The van der Waals surface area contributed by atoms with Crippen molar-refractivity contribution < 1.29 is 0 Å². The van der Waals surface area contributed by atoms with Crippen molar-refractivity contribution in [2.45, 2.75) is 13.5 Å². The molecule has 0 aliphatic carbocycles. The fourth-order valence-electron chi connectivity index (χ4n) is 1.43. The number of aromatic nitrogens is 2. The molecule has 0 radical (unpaired) electrons. The van der Waals surface area contributed by atoms with E-state index in [0.29, 0.717) is 17.5 Å². The zero-order valence-electron chi connectivity index (χ0n) is 9.44. The van der Waals surface area contributed by atoms with Crippen molar-refractivity contribution >= 4 is 23.2 Å². The lowest BCUT2D eigenvalue weighted by Gasteiger charge is -2.09. The van der Waals surface area contributed by atoms with Gasteiger partial charge in [-0.25, -0.2) is 9.97 Å². The van der Waals surface area contributed by atoms with Gasteiger partial charge in [0.05, 0.1) is 5.69 Å². The molecule has 1 heterocycles. The first-order valence-corrected chi connectivity index (χ1v) is 5.62. The lowest BCUT2D eigenvalue weighted by Crippen LogP contribution is -2.04. The molecule has 0 unspecified atom stereocenters. The molecule has 0 atom stereocenters. The SMILES string of the molecule is Cc1c(Cl)cccc1Nc1nccc(CN)n1. The first-order chi connectivity index (χ1) is 8.20. The van der Waals surface area contributed by atoms with Crippen molar-refractivity contribution in [1.29, 1.82) is 0 Å². The largest absolute Gasteiger partial charge is 0.325 e. The van der Waals surface area contributed by atoms with Crippen LogP contribution in [0.4, 0.5) is 11.6 Å². The third kappa shape index (κ3) is 2.72. The van der Waals surface area contributed by atoms with E-state index in [2.05, 4.69) is 15.3 Å². The molecule has 5 heteroatoms. The van der Waals surface area contributed by atoms with E-state index < -0.39 is 0 Å². The molecule has 0 aliphatic rings. The van der Waals surface area contributed by atoms with Crippen LogP contribution in [0, 0.1) is 6.92 Å². The van der Waals surface area contributed by atoms with Gasteiger partial charge in [0.2, 0.25) is 5.95 Å². The maximum Gasteiger partial charge on any atom is 0.227 e. The van der Waals surface area contributed by atoms with Crippen LogP contribution in [0.15, 0.2) is 30.5 Å². The summed E-state index contributed by atoms with van der Waals surface area (Å²) in [4.78, 5) is 8.40. The molecule has 0 spiro atoms. The molecule has 4 nitrogen and oxygen atoms in total. The van der Waals surface area contributed by atoms with Crippen molar-refractivity contribution in [3.05, 3.63) is 46.7 Å². The van der Waals surface area contributed by atoms with Gasteiger partial charge in [-0.15, -0.1) is 0 Å². The molecular weight excluding hydrogens is 236 g/mol. The first-order valence-electron chi connectivity index (χ1n) is 5.25. The van der Waals surface area contributed by atoms with Gasteiger partial charge in [-0.05, 0) is 30.7 Å². The Morgan fingerprint density at radius 1 is 1.35 bits per heavy atom. The first kappa shape index (κ1) is 11.8. The lowest BCUT2D eigenvalue weighted by molar-refractivity contribution is 0.968. The molecule has 88 valence electrons. The number of nitrogens with two attached hydrogens (primary N) is 1. The minimum Gasteiger partial charge on any atom is -0.325 e. The summed E-state index contributed by atoms with van der Waals surface area (Å²) < 4.78 is 0. The van der Waals surface area contributed by atoms with Crippen molar-refractivity contribution in [1.82, 2.24) is 9.97 Å². The van der Waals surface area contributed by atoms with Crippen LogP contribution in [0.5, 0.6) is 0 Å². The number of anilines is 2. The molecule has 0 saturated heterocycles. The monoisotopic (exact) mass is 248 g/mol. The van der Waals surface area contributed by atoms with E-state index in [1.54, 1.807) is 12.3 Å². The van der Waals surface area contributed by atoms with Crippen LogP contribution in [0.2, 0.25) is 5.02 Å². The highest BCUT2D eigenvalue weighted by atomic mass is 35.5. The van der Waals surface area contributed by atoms with Gasteiger partial charge in [-0.1, -0.05) is 17.7 Å². The van der Waals surface area contributed by atoms with Gasteiger partial charge in [-0.3, -0.25) is 0 Å². The maximum absolute atomic E-state index is 6.04. The molecule has 17 heavy (non-hydrogen) atoms. The Hall–Kier alpha value is -1.65. The number of benzene rings is 1. The van der Waals surface area contributed by atoms with Crippen LogP contribution in [0.3, 0.4) is 0 Å². The zero-order valence-corrected chi connectivity index (χ0v) is 10.2. The molecule has 0 aliphatic heterocycles. The smallest absolute Gasteiger partial charge is 0.227 e. The highest BCUT2D eigenvalue weighted by Gasteiger charge is 2.04. The number of nitrogens with one attached hydrogen (secondary N) is 1. The molecule has 0 saturated carbocycles. The average molecular weight is 249 g/mol. The fraction of sp³-hybridized carbons (Fsp3) is 0.167. The quantitative estimate of drug-likeness (QED) is 0.877. The second-order valence-corrected chi connectivity index (χ2v) is 4.02. The molecule has 0 amide bonds. The summed E-state index contributed by atoms with van der Waals surface area (Å²) in [5.41, 5.74) is 8.18. The number of nitrogens with zero attached hydrogens (tertiary/aromatic N) is 2. The van der Waals surface area contributed by atoms with Gasteiger partial charge in [0.15, 0.2) is 0 Å². The van der Waals surface area contributed by atoms with Crippen LogP contribution in [-0.2, 0) is 6.54 Å². The van der Waals surface area contributed by atoms with Gasteiger partial charge in [0.25, 0.3) is 0 Å². The second-order valence-electron chi connectivity index (χ2n) is 3.61. The predicted molar refractivity (Wildman–Crippen MR) is 69.4 cm³/mol. The summed E-state index contributed by atoms with van der Waals surface area (Å²) in [6.07, 6.45) is 1.68. The Morgan fingerprint density at radius 2 is 2.18 bits per heavy atom. The Kier molecular flexibility index (Phi) is 3.56. The standard InChI is InChI=1S/C12H13ClN4/c1-8-10(13)3-2-4-11(8)17-12-15-6-5-9(7-14)16-12/h2-6H,7,14H2,1H3,(H,15,16,17). The predicted octanol–water partition coefficient (Wildman–Crippen LogP) is 2.64. The molecule has 1 aromatic carbocycles. The van der Waals surface area contributed by atoms with Gasteiger partial charge < -0.3 is 11.1 Å². The number of hydrogen-bond acceptors (Lipinski definition) is 4. The molecular formula is C12H13ClN4. The highest BCUT2D eigenvalue weighted by Crippen LogP contribution is 2.24. The second kappa shape index (κ2) is 5.12. The van der Waals surface area contributed by atoms with E-state index >= 15 is 0 Å². The van der Waals surface area contributed by atoms with Crippen LogP contribution < -0.4 is 11.1 Å². The summed E-state index contributed by atoms with van der Waals surface area (Å²) in [5.74, 6) is 0.526. The summed E-state index contributed by atoms with van der Waals surface area (Å²) in [5, 5.41) is 3.84. The van der Waals surface area contributed by atoms with E-state index in [-0.39, 0.29) is 0 Å². The van der Waals surface area contributed by atoms with Crippen LogP contribution in [0.1, 0.15) is 11.3 Å². The topological polar surface area (TPSA) is 63.8 Å². The maximum atomic E-state index is 6.04. The highest BCUT2D eigenvalue weighted by molar-refractivity contribution is 6.31. The molecule has 0 bridgehead atoms. The van der Waals surface area contributed by atoms with Gasteiger partial charge >= 0.3 is 0 Å². The minimum absolute atomic E-state index is 0.395. The summed E-state index contributed by atoms with van der Waals surface area (Å²) in [6.45, 7) is 2.34. The van der Waals surface area contributed by atoms with Gasteiger partial charge in [-0.2, -0.15) is 0 Å². The van der Waals surface area contributed by atoms with Gasteiger partial charge in [0, 0.05) is 23.5 Å². The fourth-order valence-corrected chi connectivity index (χ4v) is 1.61. The Bertz CT molecular complexity index is 528. The Labute approximate surface area is 105 Å². The van der Waals surface area contributed by atoms with Crippen LogP contribution in [0.25, 0.3) is 0 Å².